The first-order valence-electron chi connectivity index (χ1n) is 10.7. The number of thioether (sulfide) groups is 2. The summed E-state index contributed by atoms with van der Waals surface area (Å²) in [5.41, 5.74) is 3.39. The third-order valence-corrected chi connectivity index (χ3v) is 8.16. The first-order chi connectivity index (χ1) is 15.5. The number of ether oxygens (including phenoxy) is 1. The van der Waals surface area contributed by atoms with E-state index >= 15 is 0 Å². The van der Waals surface area contributed by atoms with E-state index in [-0.39, 0.29) is 5.91 Å². The Morgan fingerprint density at radius 3 is 2.56 bits per heavy atom. The van der Waals surface area contributed by atoms with Crippen LogP contribution in [0.25, 0.3) is 0 Å². The van der Waals surface area contributed by atoms with Crippen molar-refractivity contribution in [3.05, 3.63) is 75.7 Å². The summed E-state index contributed by atoms with van der Waals surface area (Å²) in [5.74, 6) is 0.869. The van der Waals surface area contributed by atoms with Gasteiger partial charge in [0.25, 0.3) is 5.91 Å². The average molecular weight is 483 g/mol. The molecule has 1 fully saturated rings. The quantitative estimate of drug-likeness (QED) is 0.343. The summed E-state index contributed by atoms with van der Waals surface area (Å²) in [5, 5.41) is 1.13. The van der Waals surface area contributed by atoms with Crippen LogP contribution < -0.4 is 9.64 Å². The van der Waals surface area contributed by atoms with Gasteiger partial charge >= 0.3 is 0 Å². The molecule has 0 N–H and O–H groups in total. The predicted octanol–water partition coefficient (Wildman–Crippen LogP) is 6.24. The van der Waals surface area contributed by atoms with E-state index in [0.717, 1.165) is 46.3 Å². The second-order valence-electron chi connectivity index (χ2n) is 7.43. The van der Waals surface area contributed by atoms with Crippen LogP contribution in [0.4, 0.5) is 5.69 Å². The third-order valence-electron chi connectivity index (χ3n) is 5.54. The molecule has 4 rings (SSSR count). The lowest BCUT2D eigenvalue weighted by Crippen LogP contribution is -2.30. The number of thiocarbonyl (C=S) groups is 1. The first-order valence-corrected chi connectivity index (χ1v) is 12.8. The van der Waals surface area contributed by atoms with Gasteiger partial charge in [-0.15, -0.1) is 0 Å². The van der Waals surface area contributed by atoms with Crippen molar-refractivity contribution in [1.82, 2.24) is 4.90 Å². The standard InChI is InChI=1S/C25H26N2O2S3/c1-4-18(15-22-26(5-2)20-16-19(29-3)11-12-21(20)31-22)23-24(28)27(25(30)32-23)14-13-17-9-7-6-8-10-17/h6-12,15-16H,4-5,13-14H2,1-3H3/b22-15+,23-18+. The number of methoxy groups -OCH3 is 1. The summed E-state index contributed by atoms with van der Waals surface area (Å²) in [6, 6.07) is 16.4. The van der Waals surface area contributed by atoms with Gasteiger partial charge in [-0.25, -0.2) is 0 Å². The zero-order valence-electron chi connectivity index (χ0n) is 18.5. The lowest BCUT2D eigenvalue weighted by atomic mass is 10.1. The molecule has 2 aliphatic heterocycles. The highest BCUT2D eigenvalue weighted by Crippen LogP contribution is 2.48. The Morgan fingerprint density at radius 1 is 1.09 bits per heavy atom. The summed E-state index contributed by atoms with van der Waals surface area (Å²) in [6.07, 6.45) is 3.72. The number of carbonyl (C=O) groups excluding carboxylic acids is 1. The number of carbonyl (C=O) groups is 1. The average Bonchev–Trinajstić information content (AvgIpc) is 3.31. The molecule has 0 radical (unpaired) electrons. The molecule has 0 spiro atoms. The van der Waals surface area contributed by atoms with Crippen LogP contribution in [0.5, 0.6) is 5.75 Å². The molecular weight excluding hydrogens is 456 g/mol. The van der Waals surface area contributed by atoms with Crippen molar-refractivity contribution in [3.63, 3.8) is 0 Å². The molecule has 2 heterocycles. The number of allylic oxidation sites excluding steroid dienone is 2. The van der Waals surface area contributed by atoms with Crippen LogP contribution >= 0.6 is 35.7 Å². The normalized spacial score (nSPS) is 18.5. The molecule has 0 bridgehead atoms. The number of hydrogen-bond donors (Lipinski definition) is 0. The predicted molar refractivity (Wildman–Crippen MR) is 139 cm³/mol. The van der Waals surface area contributed by atoms with Crippen molar-refractivity contribution in [1.29, 1.82) is 0 Å². The van der Waals surface area contributed by atoms with Crippen molar-refractivity contribution in [2.24, 2.45) is 0 Å². The molecule has 2 aliphatic rings. The summed E-state index contributed by atoms with van der Waals surface area (Å²) in [4.78, 5) is 19.2. The monoisotopic (exact) mass is 482 g/mol. The minimum Gasteiger partial charge on any atom is -0.497 e. The highest BCUT2D eigenvalue weighted by molar-refractivity contribution is 8.26. The summed E-state index contributed by atoms with van der Waals surface area (Å²) in [6.45, 7) is 5.67. The Kier molecular flexibility index (Phi) is 7.28. The fraction of sp³-hybridized carbons (Fsp3) is 0.280. The van der Waals surface area contributed by atoms with Crippen LogP contribution in [-0.2, 0) is 11.2 Å². The maximum absolute atomic E-state index is 13.3. The van der Waals surface area contributed by atoms with E-state index in [9.17, 15) is 4.79 Å². The molecule has 0 aromatic heterocycles. The van der Waals surface area contributed by atoms with E-state index in [1.165, 1.54) is 22.2 Å². The van der Waals surface area contributed by atoms with Gasteiger partial charge in [0, 0.05) is 24.1 Å². The van der Waals surface area contributed by atoms with Crippen molar-refractivity contribution in [2.45, 2.75) is 31.6 Å². The van der Waals surface area contributed by atoms with Crippen molar-refractivity contribution < 1.29 is 9.53 Å². The van der Waals surface area contributed by atoms with Crippen LogP contribution in [-0.4, -0.2) is 35.3 Å². The maximum Gasteiger partial charge on any atom is 0.266 e. The van der Waals surface area contributed by atoms with Crippen molar-refractivity contribution in [3.8, 4) is 5.75 Å². The minimum atomic E-state index is 0.0230. The molecule has 0 saturated carbocycles. The smallest absolute Gasteiger partial charge is 0.266 e. The van der Waals surface area contributed by atoms with Gasteiger partial charge in [0.15, 0.2) is 0 Å². The molecule has 1 amide bonds. The molecular formula is C25H26N2O2S3. The Balaban J connectivity index is 1.58. The number of rotatable bonds is 7. The number of nitrogens with zero attached hydrogens (tertiary/aromatic N) is 2. The Morgan fingerprint density at radius 2 is 1.88 bits per heavy atom. The van der Waals surface area contributed by atoms with Gasteiger partial charge in [0.05, 0.1) is 22.7 Å². The highest BCUT2D eigenvalue weighted by atomic mass is 32.2. The molecule has 0 unspecified atom stereocenters. The van der Waals surface area contributed by atoms with E-state index in [0.29, 0.717) is 10.9 Å². The van der Waals surface area contributed by atoms with Gasteiger partial charge < -0.3 is 9.64 Å². The molecule has 7 heteroatoms. The van der Waals surface area contributed by atoms with Crippen LogP contribution in [0.15, 0.2) is 75.0 Å². The molecule has 0 aliphatic carbocycles. The SMILES string of the molecule is CCC(/C=C1/Sc2ccc(OC)cc2N1CC)=C1\SC(=S)N(CCc2ccccc2)C1=O. The first kappa shape index (κ1) is 23.0. The van der Waals surface area contributed by atoms with Gasteiger partial charge in [-0.05, 0) is 49.1 Å². The summed E-state index contributed by atoms with van der Waals surface area (Å²) in [7, 11) is 1.69. The van der Waals surface area contributed by atoms with Crippen molar-refractivity contribution in [2.75, 3.05) is 25.1 Å². The molecule has 166 valence electrons. The Hall–Kier alpha value is -2.22. The Bertz CT molecular complexity index is 1100. The summed E-state index contributed by atoms with van der Waals surface area (Å²) >= 11 is 8.73. The largest absolute Gasteiger partial charge is 0.497 e. The second kappa shape index (κ2) is 10.1. The highest BCUT2D eigenvalue weighted by Gasteiger charge is 2.34. The molecule has 32 heavy (non-hydrogen) atoms. The lowest BCUT2D eigenvalue weighted by Gasteiger charge is -2.19. The van der Waals surface area contributed by atoms with E-state index in [1.807, 2.05) is 24.3 Å². The molecule has 2 aromatic carbocycles. The van der Waals surface area contributed by atoms with Gasteiger partial charge in [-0.3, -0.25) is 9.69 Å². The summed E-state index contributed by atoms with van der Waals surface area (Å²) < 4.78 is 6.05. The Labute approximate surface area is 203 Å². The molecule has 4 nitrogen and oxygen atoms in total. The number of anilines is 1. The topological polar surface area (TPSA) is 32.8 Å². The number of fused-ring (bicyclic) bond motifs is 1. The zero-order chi connectivity index (χ0) is 22.7. The van der Waals surface area contributed by atoms with E-state index in [2.05, 4.69) is 49.1 Å². The van der Waals surface area contributed by atoms with E-state index in [4.69, 9.17) is 17.0 Å². The zero-order valence-corrected chi connectivity index (χ0v) is 20.9. The van der Waals surface area contributed by atoms with Crippen LogP contribution in [0, 0.1) is 0 Å². The van der Waals surface area contributed by atoms with Crippen LogP contribution in [0.1, 0.15) is 25.8 Å². The second-order valence-corrected chi connectivity index (χ2v) is 10.1. The third kappa shape index (κ3) is 4.60. The van der Waals surface area contributed by atoms with E-state index in [1.54, 1.807) is 23.8 Å². The lowest BCUT2D eigenvalue weighted by molar-refractivity contribution is -0.122. The fourth-order valence-electron chi connectivity index (χ4n) is 3.79. The van der Waals surface area contributed by atoms with E-state index < -0.39 is 0 Å². The minimum absolute atomic E-state index is 0.0230. The number of hydrogen-bond acceptors (Lipinski definition) is 6. The molecule has 1 saturated heterocycles. The molecule has 0 atom stereocenters. The fourth-order valence-corrected chi connectivity index (χ4v) is 6.38. The van der Waals surface area contributed by atoms with Crippen LogP contribution in [0.3, 0.4) is 0 Å². The number of amides is 1. The number of benzene rings is 2. The van der Waals surface area contributed by atoms with Gasteiger partial charge in [-0.2, -0.15) is 0 Å². The van der Waals surface area contributed by atoms with Crippen molar-refractivity contribution >= 4 is 51.7 Å². The maximum atomic E-state index is 13.3. The van der Waals surface area contributed by atoms with Gasteiger partial charge in [-0.1, -0.05) is 73.0 Å². The van der Waals surface area contributed by atoms with Gasteiger partial charge in [0.1, 0.15) is 10.1 Å². The molecule has 2 aromatic rings. The van der Waals surface area contributed by atoms with Crippen LogP contribution in [0.2, 0.25) is 0 Å². The van der Waals surface area contributed by atoms with Gasteiger partial charge in [0.2, 0.25) is 0 Å².